The molecule has 5 nitrogen and oxygen atoms in total. The smallest absolute Gasteiger partial charge is 0.255 e. The third kappa shape index (κ3) is 3.67. The van der Waals surface area contributed by atoms with Gasteiger partial charge in [0, 0.05) is 24.3 Å². The number of aromatic amines is 1. The topological polar surface area (TPSA) is 61.0 Å². The van der Waals surface area contributed by atoms with Crippen molar-refractivity contribution in [1.82, 2.24) is 20.2 Å². The Kier molecular flexibility index (Phi) is 4.94. The van der Waals surface area contributed by atoms with Crippen LogP contribution in [-0.2, 0) is 0 Å². The molecule has 112 valence electrons. The first-order valence-electron chi connectivity index (χ1n) is 7.53. The summed E-state index contributed by atoms with van der Waals surface area (Å²) in [6.07, 6.45) is 2.62. The van der Waals surface area contributed by atoms with Gasteiger partial charge in [0.05, 0.1) is 5.56 Å². The summed E-state index contributed by atoms with van der Waals surface area (Å²) in [7, 11) is 0. The van der Waals surface area contributed by atoms with E-state index < -0.39 is 0 Å². The summed E-state index contributed by atoms with van der Waals surface area (Å²) in [5.41, 5.74) is 1.55. The largest absolute Gasteiger partial charge is 0.310 e. The van der Waals surface area contributed by atoms with Crippen molar-refractivity contribution in [1.29, 1.82) is 0 Å². The van der Waals surface area contributed by atoms with Crippen LogP contribution in [0.15, 0.2) is 4.79 Å². The van der Waals surface area contributed by atoms with Gasteiger partial charge in [0.15, 0.2) is 0 Å². The van der Waals surface area contributed by atoms with Crippen LogP contribution in [0.25, 0.3) is 0 Å². The van der Waals surface area contributed by atoms with Crippen LogP contribution < -0.4 is 10.9 Å². The predicted molar refractivity (Wildman–Crippen MR) is 81.0 cm³/mol. The third-order valence-electron chi connectivity index (χ3n) is 3.96. The highest BCUT2D eigenvalue weighted by Gasteiger charge is 2.19. The van der Waals surface area contributed by atoms with E-state index in [4.69, 9.17) is 0 Å². The van der Waals surface area contributed by atoms with E-state index in [1.165, 1.54) is 25.9 Å². The van der Waals surface area contributed by atoms with Gasteiger partial charge in [-0.3, -0.25) is 4.79 Å². The van der Waals surface area contributed by atoms with Gasteiger partial charge in [0.1, 0.15) is 5.82 Å². The number of nitrogens with one attached hydrogen (secondary N) is 2. The molecule has 1 aliphatic heterocycles. The molecule has 1 aromatic rings. The first-order chi connectivity index (χ1) is 9.47. The Morgan fingerprint density at radius 1 is 1.30 bits per heavy atom. The van der Waals surface area contributed by atoms with E-state index in [1.54, 1.807) is 0 Å². The summed E-state index contributed by atoms with van der Waals surface area (Å²) >= 11 is 0. The van der Waals surface area contributed by atoms with Crippen LogP contribution in [0.4, 0.5) is 0 Å². The minimum atomic E-state index is -0.0247. The number of hydrogen-bond acceptors (Lipinski definition) is 4. The summed E-state index contributed by atoms with van der Waals surface area (Å²) in [6, 6.07) is 0.382. The van der Waals surface area contributed by atoms with E-state index in [0.29, 0.717) is 11.9 Å². The molecule has 5 heteroatoms. The fourth-order valence-corrected chi connectivity index (χ4v) is 3.16. The van der Waals surface area contributed by atoms with Crippen molar-refractivity contribution in [2.24, 2.45) is 0 Å². The maximum Gasteiger partial charge on any atom is 0.255 e. The zero-order valence-corrected chi connectivity index (χ0v) is 13.0. The quantitative estimate of drug-likeness (QED) is 0.857. The Balaban J connectivity index is 2.00. The van der Waals surface area contributed by atoms with Crippen molar-refractivity contribution in [2.75, 3.05) is 19.6 Å². The van der Waals surface area contributed by atoms with Crippen LogP contribution in [0.1, 0.15) is 49.8 Å². The van der Waals surface area contributed by atoms with E-state index in [1.807, 2.05) is 20.8 Å². The molecule has 2 N–H and O–H groups in total. The Labute approximate surface area is 120 Å². The molecule has 0 spiro atoms. The molecule has 2 atom stereocenters. The maximum absolute atomic E-state index is 12.1. The van der Waals surface area contributed by atoms with E-state index in [0.717, 1.165) is 17.8 Å². The first-order valence-corrected chi connectivity index (χ1v) is 7.53. The minimum absolute atomic E-state index is 0.0180. The van der Waals surface area contributed by atoms with Gasteiger partial charge in [-0.25, -0.2) is 4.98 Å². The number of rotatable bonds is 5. The molecular weight excluding hydrogens is 252 g/mol. The molecule has 1 aromatic heterocycles. The molecule has 0 radical (unpaired) electrons. The van der Waals surface area contributed by atoms with Gasteiger partial charge in [-0.2, -0.15) is 0 Å². The van der Waals surface area contributed by atoms with Crippen LogP contribution in [0.2, 0.25) is 0 Å². The first kappa shape index (κ1) is 15.2. The fraction of sp³-hybridized carbons (Fsp3) is 0.733. The number of H-pyrrole nitrogens is 1. The van der Waals surface area contributed by atoms with Crippen LogP contribution in [0.3, 0.4) is 0 Å². The standard InChI is InChI=1S/C15H26N4O/c1-10(9-19-7-5-6-8-19)16-11(2)14-12(3)17-13(4)18-15(14)20/h10-11,16H,5-9H2,1-4H3,(H,17,18,20). The van der Waals surface area contributed by atoms with E-state index in [-0.39, 0.29) is 11.6 Å². The van der Waals surface area contributed by atoms with Gasteiger partial charge in [0.2, 0.25) is 0 Å². The van der Waals surface area contributed by atoms with E-state index in [9.17, 15) is 4.79 Å². The molecule has 0 aromatic carbocycles. The molecule has 1 fully saturated rings. The summed E-state index contributed by atoms with van der Waals surface area (Å²) < 4.78 is 0. The van der Waals surface area contributed by atoms with Crippen molar-refractivity contribution in [2.45, 2.75) is 52.6 Å². The maximum atomic E-state index is 12.1. The Bertz CT molecular complexity index is 505. The normalized spacial score (nSPS) is 19.2. The van der Waals surface area contributed by atoms with Gasteiger partial charge in [-0.1, -0.05) is 0 Å². The van der Waals surface area contributed by atoms with Crippen molar-refractivity contribution < 1.29 is 0 Å². The average Bonchev–Trinajstić information content (AvgIpc) is 2.79. The van der Waals surface area contributed by atoms with Crippen molar-refractivity contribution in [3.63, 3.8) is 0 Å². The Morgan fingerprint density at radius 3 is 2.55 bits per heavy atom. The molecular formula is C15H26N4O. The van der Waals surface area contributed by atoms with Gasteiger partial charge in [0.25, 0.3) is 5.56 Å². The zero-order chi connectivity index (χ0) is 14.7. The van der Waals surface area contributed by atoms with Gasteiger partial charge >= 0.3 is 0 Å². The lowest BCUT2D eigenvalue weighted by atomic mass is 10.1. The van der Waals surface area contributed by atoms with Gasteiger partial charge in [-0.15, -0.1) is 0 Å². The average molecular weight is 278 g/mol. The number of hydrogen-bond donors (Lipinski definition) is 2. The minimum Gasteiger partial charge on any atom is -0.310 e. The summed E-state index contributed by atoms with van der Waals surface area (Å²) in [4.78, 5) is 21.7. The number of nitrogens with zero attached hydrogens (tertiary/aromatic N) is 2. The molecule has 2 heterocycles. The lowest BCUT2D eigenvalue weighted by Crippen LogP contribution is -2.40. The second-order valence-electron chi connectivity index (χ2n) is 5.95. The van der Waals surface area contributed by atoms with Crippen LogP contribution in [0.5, 0.6) is 0 Å². The zero-order valence-electron chi connectivity index (χ0n) is 13.0. The molecule has 0 amide bonds. The molecule has 1 saturated heterocycles. The van der Waals surface area contributed by atoms with Crippen molar-refractivity contribution in [3.8, 4) is 0 Å². The number of aryl methyl sites for hydroxylation is 2. The highest BCUT2D eigenvalue weighted by atomic mass is 16.1. The molecule has 1 aliphatic rings. The highest BCUT2D eigenvalue weighted by molar-refractivity contribution is 5.20. The molecule has 0 bridgehead atoms. The fourth-order valence-electron chi connectivity index (χ4n) is 3.16. The summed E-state index contributed by atoms with van der Waals surface area (Å²) in [5.74, 6) is 0.675. The summed E-state index contributed by atoms with van der Waals surface area (Å²) in [5, 5.41) is 3.52. The lowest BCUT2D eigenvalue weighted by Gasteiger charge is -2.25. The molecule has 0 aliphatic carbocycles. The number of aromatic nitrogens is 2. The van der Waals surface area contributed by atoms with Crippen molar-refractivity contribution >= 4 is 0 Å². The Morgan fingerprint density at radius 2 is 1.95 bits per heavy atom. The number of likely N-dealkylation sites (tertiary alicyclic amines) is 1. The van der Waals surface area contributed by atoms with E-state index in [2.05, 4.69) is 27.1 Å². The van der Waals surface area contributed by atoms with Crippen LogP contribution in [-0.4, -0.2) is 40.5 Å². The second-order valence-corrected chi connectivity index (χ2v) is 5.95. The lowest BCUT2D eigenvalue weighted by molar-refractivity contribution is 0.288. The summed E-state index contributed by atoms with van der Waals surface area (Å²) in [6.45, 7) is 11.4. The van der Waals surface area contributed by atoms with Gasteiger partial charge < -0.3 is 15.2 Å². The highest BCUT2D eigenvalue weighted by Crippen LogP contribution is 2.13. The molecule has 0 saturated carbocycles. The molecule has 2 rings (SSSR count). The SMILES string of the molecule is Cc1nc(C)c(C(C)NC(C)CN2CCCC2)c(=O)[nH]1. The van der Waals surface area contributed by atoms with Crippen LogP contribution >= 0.6 is 0 Å². The van der Waals surface area contributed by atoms with Crippen LogP contribution in [0, 0.1) is 13.8 Å². The molecule has 20 heavy (non-hydrogen) atoms. The Hall–Kier alpha value is -1.20. The van der Waals surface area contributed by atoms with Crippen molar-refractivity contribution in [3.05, 3.63) is 27.4 Å². The molecule has 2 unspecified atom stereocenters. The monoisotopic (exact) mass is 278 g/mol. The van der Waals surface area contributed by atoms with Gasteiger partial charge in [-0.05, 0) is 53.6 Å². The van der Waals surface area contributed by atoms with E-state index >= 15 is 0 Å². The predicted octanol–water partition coefficient (Wildman–Crippen LogP) is 1.52. The third-order valence-corrected chi connectivity index (χ3v) is 3.96. The second kappa shape index (κ2) is 6.50.